The van der Waals surface area contributed by atoms with Crippen molar-refractivity contribution in [2.75, 3.05) is 30.9 Å². The lowest BCUT2D eigenvalue weighted by Gasteiger charge is -2.24. The van der Waals surface area contributed by atoms with Crippen LogP contribution < -0.4 is 4.90 Å². The molecule has 4 nitrogen and oxygen atoms in total. The molecule has 20 heavy (non-hydrogen) atoms. The fourth-order valence-corrected chi connectivity index (χ4v) is 3.14. The molecular weight excluding hydrogens is 272 g/mol. The van der Waals surface area contributed by atoms with Gasteiger partial charge in [0.1, 0.15) is 5.82 Å². The van der Waals surface area contributed by atoms with Crippen molar-refractivity contribution in [1.29, 1.82) is 0 Å². The van der Waals surface area contributed by atoms with Crippen molar-refractivity contribution in [3.8, 4) is 0 Å². The van der Waals surface area contributed by atoms with Gasteiger partial charge in [0.15, 0.2) is 0 Å². The van der Waals surface area contributed by atoms with E-state index in [-0.39, 0.29) is 5.97 Å². The molecule has 1 aromatic heterocycles. The Morgan fingerprint density at radius 1 is 1.50 bits per heavy atom. The van der Waals surface area contributed by atoms with Crippen LogP contribution >= 0.6 is 11.8 Å². The van der Waals surface area contributed by atoms with Gasteiger partial charge in [0.25, 0.3) is 0 Å². The number of rotatable bonds is 4. The summed E-state index contributed by atoms with van der Waals surface area (Å²) in [4.78, 5) is 18.4. The molecule has 1 aliphatic heterocycles. The van der Waals surface area contributed by atoms with E-state index in [1.807, 2.05) is 17.8 Å². The third-order valence-corrected chi connectivity index (χ3v) is 4.60. The Kier molecular flexibility index (Phi) is 5.71. The number of hydrogen-bond donors (Lipinski definition) is 0. The van der Waals surface area contributed by atoms with Crippen LogP contribution in [0.5, 0.6) is 0 Å². The summed E-state index contributed by atoms with van der Waals surface area (Å²) in [6.45, 7) is 4.28. The van der Waals surface area contributed by atoms with Crippen LogP contribution in [0.25, 0.3) is 0 Å². The molecule has 1 aliphatic rings. The summed E-state index contributed by atoms with van der Waals surface area (Å²) in [5.74, 6) is 0.656. The number of thioether (sulfide) groups is 1. The van der Waals surface area contributed by atoms with Crippen molar-refractivity contribution < 1.29 is 9.53 Å². The number of esters is 1. The normalized spacial score (nSPS) is 19.5. The van der Waals surface area contributed by atoms with Crippen LogP contribution in [0.1, 0.15) is 36.5 Å². The van der Waals surface area contributed by atoms with Crippen LogP contribution in [0.2, 0.25) is 0 Å². The van der Waals surface area contributed by atoms with Crippen LogP contribution in [-0.2, 0) is 4.74 Å². The van der Waals surface area contributed by atoms with E-state index in [4.69, 9.17) is 4.74 Å². The van der Waals surface area contributed by atoms with Gasteiger partial charge in [-0.1, -0.05) is 6.42 Å². The molecule has 1 aromatic rings. The number of carbonyl (C=O) groups excluding carboxylic acids is 1. The predicted octanol–water partition coefficient (Wildman–Crippen LogP) is 2.98. The second-order valence-corrected chi connectivity index (χ2v) is 6.06. The maximum Gasteiger partial charge on any atom is 0.339 e. The molecule has 1 fully saturated rings. The predicted molar refractivity (Wildman–Crippen MR) is 83.6 cm³/mol. The van der Waals surface area contributed by atoms with Crippen LogP contribution in [0.4, 0.5) is 5.82 Å². The van der Waals surface area contributed by atoms with E-state index in [0.29, 0.717) is 17.4 Å². The maximum atomic E-state index is 11.6. The number of pyridine rings is 1. The average molecular weight is 294 g/mol. The quantitative estimate of drug-likeness (QED) is 0.799. The minimum atomic E-state index is -0.301. The number of carbonyl (C=O) groups is 1. The number of anilines is 1. The monoisotopic (exact) mass is 294 g/mol. The number of hydrogen-bond acceptors (Lipinski definition) is 5. The van der Waals surface area contributed by atoms with E-state index in [2.05, 4.69) is 16.1 Å². The highest BCUT2D eigenvalue weighted by Crippen LogP contribution is 2.23. The minimum Gasteiger partial charge on any atom is -0.462 e. The Hall–Kier alpha value is -1.23. The summed E-state index contributed by atoms with van der Waals surface area (Å²) in [6, 6.07) is 3.73. The third-order valence-electron chi connectivity index (χ3n) is 3.54. The highest BCUT2D eigenvalue weighted by Gasteiger charge is 2.18. The number of nitrogens with zero attached hydrogens (tertiary/aromatic N) is 2. The zero-order chi connectivity index (χ0) is 14.4. The van der Waals surface area contributed by atoms with Crippen molar-refractivity contribution in [2.24, 2.45) is 0 Å². The van der Waals surface area contributed by atoms with Gasteiger partial charge in [-0.2, -0.15) is 11.8 Å². The summed E-state index contributed by atoms with van der Waals surface area (Å²) < 4.78 is 4.97. The third kappa shape index (κ3) is 3.88. The first-order valence-corrected chi connectivity index (χ1v) is 8.44. The molecular formula is C15H22N2O2S. The van der Waals surface area contributed by atoms with Crippen molar-refractivity contribution in [3.05, 3.63) is 23.9 Å². The maximum absolute atomic E-state index is 11.6. The largest absolute Gasteiger partial charge is 0.462 e. The van der Waals surface area contributed by atoms with Crippen molar-refractivity contribution >= 4 is 23.5 Å². The van der Waals surface area contributed by atoms with Gasteiger partial charge in [-0.3, -0.25) is 0 Å². The summed E-state index contributed by atoms with van der Waals surface area (Å²) in [6.07, 6.45) is 7.55. The zero-order valence-electron chi connectivity index (χ0n) is 12.2. The highest BCUT2D eigenvalue weighted by atomic mass is 32.2. The molecule has 0 spiro atoms. The standard InChI is InChI=1S/C15H22N2O2S/c1-3-19-15(18)12-7-8-14(16-10-12)17-9-5-4-6-13(11-17)20-2/h7-8,10,13H,3-6,9,11H2,1-2H3. The zero-order valence-corrected chi connectivity index (χ0v) is 13.0. The molecule has 2 rings (SSSR count). The molecule has 110 valence electrons. The molecule has 0 N–H and O–H groups in total. The van der Waals surface area contributed by atoms with Gasteiger partial charge in [-0.25, -0.2) is 9.78 Å². The molecule has 0 aliphatic carbocycles. The highest BCUT2D eigenvalue weighted by molar-refractivity contribution is 7.99. The van der Waals surface area contributed by atoms with Crippen molar-refractivity contribution in [1.82, 2.24) is 4.98 Å². The van der Waals surface area contributed by atoms with E-state index in [1.165, 1.54) is 19.3 Å². The Bertz CT molecular complexity index is 436. The summed E-state index contributed by atoms with van der Waals surface area (Å²) in [7, 11) is 0. The first kappa shape index (κ1) is 15.2. The van der Waals surface area contributed by atoms with E-state index >= 15 is 0 Å². The molecule has 0 bridgehead atoms. The summed E-state index contributed by atoms with van der Waals surface area (Å²) in [5.41, 5.74) is 0.520. The summed E-state index contributed by atoms with van der Waals surface area (Å²) in [5, 5.41) is 0.670. The van der Waals surface area contributed by atoms with Crippen molar-refractivity contribution in [2.45, 2.75) is 31.4 Å². The molecule has 0 aromatic carbocycles. The fraction of sp³-hybridized carbons (Fsp3) is 0.600. The first-order chi connectivity index (χ1) is 9.74. The molecule has 1 saturated heterocycles. The lowest BCUT2D eigenvalue weighted by Crippen LogP contribution is -2.30. The second kappa shape index (κ2) is 7.53. The van der Waals surface area contributed by atoms with E-state index in [0.717, 1.165) is 18.9 Å². The van der Waals surface area contributed by atoms with E-state index in [1.54, 1.807) is 19.2 Å². The fourth-order valence-electron chi connectivity index (χ4n) is 2.41. The first-order valence-electron chi connectivity index (χ1n) is 7.15. The van der Waals surface area contributed by atoms with Crippen LogP contribution in [0, 0.1) is 0 Å². The van der Waals surface area contributed by atoms with Crippen LogP contribution in [0.15, 0.2) is 18.3 Å². The Morgan fingerprint density at radius 2 is 2.35 bits per heavy atom. The van der Waals surface area contributed by atoms with Crippen molar-refractivity contribution in [3.63, 3.8) is 0 Å². The molecule has 2 heterocycles. The topological polar surface area (TPSA) is 42.4 Å². The molecule has 1 unspecified atom stereocenters. The van der Waals surface area contributed by atoms with Gasteiger partial charge in [-0.15, -0.1) is 0 Å². The van der Waals surface area contributed by atoms with Gasteiger partial charge in [0.2, 0.25) is 0 Å². The summed E-state index contributed by atoms with van der Waals surface area (Å²) >= 11 is 1.93. The van der Waals surface area contributed by atoms with Gasteiger partial charge < -0.3 is 9.64 Å². The lowest BCUT2D eigenvalue weighted by atomic mass is 10.2. The van der Waals surface area contributed by atoms with E-state index < -0.39 is 0 Å². The van der Waals surface area contributed by atoms with Gasteiger partial charge >= 0.3 is 5.97 Å². The molecule has 5 heteroatoms. The number of aromatic nitrogens is 1. The van der Waals surface area contributed by atoms with Crippen LogP contribution in [0.3, 0.4) is 0 Å². The van der Waals surface area contributed by atoms with Gasteiger partial charge in [0.05, 0.1) is 12.2 Å². The SMILES string of the molecule is CCOC(=O)c1ccc(N2CCCCC(SC)C2)nc1. The van der Waals surface area contributed by atoms with Gasteiger partial charge in [0, 0.05) is 24.5 Å². The molecule has 0 saturated carbocycles. The molecule has 0 amide bonds. The van der Waals surface area contributed by atoms with Gasteiger partial charge in [-0.05, 0) is 38.2 Å². The Morgan fingerprint density at radius 3 is 3.00 bits per heavy atom. The molecule has 0 radical (unpaired) electrons. The van der Waals surface area contributed by atoms with Crippen LogP contribution in [-0.4, -0.2) is 42.2 Å². The minimum absolute atomic E-state index is 0.301. The van der Waals surface area contributed by atoms with E-state index in [9.17, 15) is 4.79 Å². The second-order valence-electron chi connectivity index (χ2n) is 4.93. The molecule has 1 atom stereocenters. The Labute approximate surface area is 124 Å². The number of ether oxygens (including phenoxy) is 1. The average Bonchev–Trinajstić information content (AvgIpc) is 2.73. The Balaban J connectivity index is 2.06. The lowest BCUT2D eigenvalue weighted by molar-refractivity contribution is 0.0526. The smallest absolute Gasteiger partial charge is 0.339 e.